The second-order valence-electron chi connectivity index (χ2n) is 2.33. The van der Waals surface area contributed by atoms with Crippen molar-refractivity contribution in [2.45, 2.75) is 0 Å². The predicted octanol–water partition coefficient (Wildman–Crippen LogP) is 2.19. The van der Waals surface area contributed by atoms with Crippen molar-refractivity contribution in [1.82, 2.24) is 0 Å². The lowest BCUT2D eigenvalue weighted by Gasteiger charge is -1.96. The normalized spacial score (nSPS) is 8.36. The fourth-order valence-electron chi connectivity index (χ4n) is 0.818. The highest BCUT2D eigenvalue weighted by atomic mass is 19.1. The second-order valence-corrected chi connectivity index (χ2v) is 2.33. The van der Waals surface area contributed by atoms with Gasteiger partial charge in [-0.05, 0) is 17.7 Å². The van der Waals surface area contributed by atoms with Gasteiger partial charge in [0.05, 0.1) is 12.1 Å². The molecule has 14 heavy (non-hydrogen) atoms. The van der Waals surface area contributed by atoms with Crippen LogP contribution in [0.3, 0.4) is 0 Å². The molecule has 5 heteroatoms. The van der Waals surface area contributed by atoms with Crippen LogP contribution in [0.2, 0.25) is 0 Å². The van der Waals surface area contributed by atoms with Crippen molar-refractivity contribution in [3.63, 3.8) is 0 Å². The summed E-state index contributed by atoms with van der Waals surface area (Å²) in [7, 11) is 0. The number of azide groups is 1. The number of hydrogen-bond donors (Lipinski definition) is 1. The van der Waals surface area contributed by atoms with E-state index in [4.69, 9.17) is 5.53 Å². The van der Waals surface area contributed by atoms with Crippen LogP contribution < -0.4 is 0 Å². The summed E-state index contributed by atoms with van der Waals surface area (Å²) in [6, 6.07) is 4.04. The SMILES string of the molecule is [N-]=[N+]=NCC#Cc1cccc(F)c1O. The van der Waals surface area contributed by atoms with E-state index in [0.29, 0.717) is 0 Å². The molecule has 4 nitrogen and oxygen atoms in total. The van der Waals surface area contributed by atoms with Crippen LogP contribution in [0, 0.1) is 17.7 Å². The number of phenolic OH excluding ortho intramolecular Hbond substituents is 1. The zero-order chi connectivity index (χ0) is 10.4. The van der Waals surface area contributed by atoms with Crippen LogP contribution in [0.1, 0.15) is 5.56 Å². The number of nitrogens with zero attached hydrogens (tertiary/aromatic N) is 3. The molecule has 1 rings (SSSR count). The highest BCUT2D eigenvalue weighted by molar-refractivity contribution is 5.45. The molecule has 0 amide bonds. The lowest BCUT2D eigenvalue weighted by atomic mass is 10.2. The molecule has 0 radical (unpaired) electrons. The smallest absolute Gasteiger partial charge is 0.167 e. The van der Waals surface area contributed by atoms with Crippen molar-refractivity contribution in [3.05, 3.63) is 40.0 Å². The highest BCUT2D eigenvalue weighted by Crippen LogP contribution is 2.19. The third kappa shape index (κ3) is 2.41. The molecule has 0 aliphatic heterocycles. The lowest BCUT2D eigenvalue weighted by Crippen LogP contribution is -1.81. The van der Waals surface area contributed by atoms with Crippen LogP contribution >= 0.6 is 0 Å². The Morgan fingerprint density at radius 2 is 2.36 bits per heavy atom. The number of rotatable bonds is 1. The van der Waals surface area contributed by atoms with E-state index in [1.165, 1.54) is 12.1 Å². The van der Waals surface area contributed by atoms with E-state index in [0.717, 1.165) is 6.07 Å². The number of benzene rings is 1. The van der Waals surface area contributed by atoms with Crippen LogP contribution in [0.15, 0.2) is 23.3 Å². The van der Waals surface area contributed by atoms with Crippen molar-refractivity contribution in [1.29, 1.82) is 0 Å². The lowest BCUT2D eigenvalue weighted by molar-refractivity contribution is 0.431. The topological polar surface area (TPSA) is 69.0 Å². The van der Waals surface area contributed by atoms with Gasteiger partial charge in [0, 0.05) is 4.91 Å². The summed E-state index contributed by atoms with van der Waals surface area (Å²) in [5.41, 5.74) is 8.12. The van der Waals surface area contributed by atoms with E-state index >= 15 is 0 Å². The first-order valence-corrected chi connectivity index (χ1v) is 3.73. The van der Waals surface area contributed by atoms with E-state index in [9.17, 15) is 9.50 Å². The molecule has 0 aromatic heterocycles. The monoisotopic (exact) mass is 191 g/mol. The Morgan fingerprint density at radius 3 is 3.07 bits per heavy atom. The Morgan fingerprint density at radius 1 is 1.57 bits per heavy atom. The number of halogens is 1. The summed E-state index contributed by atoms with van der Waals surface area (Å²) < 4.78 is 12.8. The Labute approximate surface area is 79.6 Å². The minimum atomic E-state index is -0.722. The van der Waals surface area contributed by atoms with Gasteiger partial charge in [0.1, 0.15) is 0 Å². The molecule has 0 saturated heterocycles. The molecule has 70 valence electrons. The predicted molar refractivity (Wildman–Crippen MR) is 49.0 cm³/mol. The van der Waals surface area contributed by atoms with Crippen molar-refractivity contribution in [3.8, 4) is 17.6 Å². The Hall–Kier alpha value is -2.18. The summed E-state index contributed by atoms with van der Waals surface area (Å²) in [5, 5.41) is 12.3. The summed E-state index contributed by atoms with van der Waals surface area (Å²) in [4.78, 5) is 2.49. The van der Waals surface area contributed by atoms with E-state index in [1.54, 1.807) is 0 Å². The number of phenols is 1. The van der Waals surface area contributed by atoms with E-state index in [1.807, 2.05) is 0 Å². The maximum atomic E-state index is 12.8. The highest BCUT2D eigenvalue weighted by Gasteiger charge is 2.02. The minimum Gasteiger partial charge on any atom is -0.504 e. The summed E-state index contributed by atoms with van der Waals surface area (Å²) in [6.07, 6.45) is 0. The van der Waals surface area contributed by atoms with Gasteiger partial charge in [-0.2, -0.15) is 0 Å². The molecule has 1 aromatic rings. The van der Waals surface area contributed by atoms with Crippen molar-refractivity contribution < 1.29 is 9.50 Å². The Bertz CT molecular complexity index is 441. The van der Waals surface area contributed by atoms with Gasteiger partial charge in [0.2, 0.25) is 0 Å². The zero-order valence-electron chi connectivity index (χ0n) is 7.11. The van der Waals surface area contributed by atoms with Gasteiger partial charge in [-0.15, -0.1) is 0 Å². The first kappa shape index (κ1) is 9.90. The molecular formula is C9H6FN3O. The molecule has 1 aromatic carbocycles. The van der Waals surface area contributed by atoms with Crippen LogP contribution in [0.25, 0.3) is 10.4 Å². The molecule has 0 aliphatic rings. The Balaban J connectivity index is 2.89. The summed E-state index contributed by atoms with van der Waals surface area (Å²) >= 11 is 0. The molecule has 0 atom stereocenters. The van der Waals surface area contributed by atoms with Crippen molar-refractivity contribution >= 4 is 0 Å². The number of aromatic hydroxyl groups is 1. The van der Waals surface area contributed by atoms with Crippen molar-refractivity contribution in [2.24, 2.45) is 5.11 Å². The molecule has 0 spiro atoms. The largest absolute Gasteiger partial charge is 0.504 e. The molecule has 0 unspecified atom stereocenters. The van der Waals surface area contributed by atoms with Gasteiger partial charge in [0.25, 0.3) is 0 Å². The minimum absolute atomic E-state index is 0.00749. The van der Waals surface area contributed by atoms with Gasteiger partial charge >= 0.3 is 0 Å². The molecule has 1 N–H and O–H groups in total. The van der Waals surface area contributed by atoms with Crippen LogP contribution in [-0.4, -0.2) is 11.7 Å². The van der Waals surface area contributed by atoms with Gasteiger partial charge in [0.15, 0.2) is 11.6 Å². The standard InChI is InChI=1S/C9H6FN3O/c10-8-5-1-3-7(9(8)14)4-2-6-12-13-11/h1,3,5,14H,6H2. The number of para-hydroxylation sites is 1. The van der Waals surface area contributed by atoms with Crippen LogP contribution in [-0.2, 0) is 0 Å². The second kappa shape index (κ2) is 4.75. The third-order valence-electron chi connectivity index (χ3n) is 1.42. The molecule has 0 aliphatic carbocycles. The summed E-state index contributed by atoms with van der Waals surface area (Å²) in [5.74, 6) is 3.75. The van der Waals surface area contributed by atoms with Gasteiger partial charge in [-0.3, -0.25) is 0 Å². The fraction of sp³-hybridized carbons (Fsp3) is 0.111. The zero-order valence-corrected chi connectivity index (χ0v) is 7.11. The summed E-state index contributed by atoms with van der Waals surface area (Å²) in [6.45, 7) is -0.00749. The average molecular weight is 191 g/mol. The molecule has 0 fully saturated rings. The fourth-order valence-corrected chi connectivity index (χ4v) is 0.818. The van der Waals surface area contributed by atoms with Gasteiger partial charge in [-0.25, -0.2) is 4.39 Å². The molecular weight excluding hydrogens is 185 g/mol. The van der Waals surface area contributed by atoms with Crippen molar-refractivity contribution in [2.75, 3.05) is 6.54 Å². The molecule has 0 heterocycles. The molecule has 0 bridgehead atoms. The Kier molecular flexibility index (Phi) is 3.36. The average Bonchev–Trinajstić information content (AvgIpc) is 2.19. The number of hydrogen-bond acceptors (Lipinski definition) is 2. The third-order valence-corrected chi connectivity index (χ3v) is 1.42. The van der Waals surface area contributed by atoms with Gasteiger partial charge < -0.3 is 5.11 Å². The van der Waals surface area contributed by atoms with Crippen LogP contribution in [0.4, 0.5) is 4.39 Å². The quantitative estimate of drug-likeness (QED) is 0.314. The first-order valence-electron chi connectivity index (χ1n) is 3.73. The van der Waals surface area contributed by atoms with E-state index < -0.39 is 11.6 Å². The molecule has 0 saturated carbocycles. The van der Waals surface area contributed by atoms with E-state index in [-0.39, 0.29) is 12.1 Å². The van der Waals surface area contributed by atoms with E-state index in [2.05, 4.69) is 21.9 Å². The van der Waals surface area contributed by atoms with Crippen LogP contribution in [0.5, 0.6) is 5.75 Å². The van der Waals surface area contributed by atoms with Gasteiger partial charge in [-0.1, -0.05) is 23.0 Å². The first-order chi connectivity index (χ1) is 6.75. The maximum Gasteiger partial charge on any atom is 0.167 e. The maximum absolute atomic E-state index is 12.8.